The van der Waals surface area contributed by atoms with E-state index in [0.717, 1.165) is 32.8 Å². The standard InChI is InChI=1S/C21H20N6OS/c1-13-23-19(18-16(12-29-20(18)24-13)14-6-4-3-5-7-14)25-17-8-9-27(21(17)28)15-10-22-26(2)11-15/h3-7,10-12,17H,8-9H2,1-2H3,(H,23,24,25). The first-order chi connectivity index (χ1) is 14.1. The Kier molecular flexibility index (Phi) is 4.28. The Morgan fingerprint density at radius 2 is 2.03 bits per heavy atom. The number of rotatable bonds is 4. The van der Waals surface area contributed by atoms with E-state index in [4.69, 9.17) is 0 Å². The maximum absolute atomic E-state index is 13.0. The van der Waals surface area contributed by atoms with E-state index in [0.29, 0.717) is 18.8 Å². The minimum atomic E-state index is -0.323. The summed E-state index contributed by atoms with van der Waals surface area (Å²) < 4.78 is 1.71. The third-order valence-electron chi connectivity index (χ3n) is 5.15. The maximum Gasteiger partial charge on any atom is 0.249 e. The minimum Gasteiger partial charge on any atom is -0.358 e. The molecule has 0 bridgehead atoms. The van der Waals surface area contributed by atoms with Gasteiger partial charge in [0.05, 0.1) is 17.3 Å². The van der Waals surface area contributed by atoms with Gasteiger partial charge in [-0.25, -0.2) is 9.97 Å². The van der Waals surface area contributed by atoms with Gasteiger partial charge < -0.3 is 10.2 Å². The Balaban J connectivity index is 1.51. The van der Waals surface area contributed by atoms with Crippen molar-refractivity contribution < 1.29 is 4.79 Å². The summed E-state index contributed by atoms with van der Waals surface area (Å²) in [6, 6.07) is 9.88. The first kappa shape index (κ1) is 17.8. The first-order valence-electron chi connectivity index (χ1n) is 9.48. The summed E-state index contributed by atoms with van der Waals surface area (Å²) in [6.45, 7) is 2.54. The number of hydrogen-bond donors (Lipinski definition) is 1. The molecule has 29 heavy (non-hydrogen) atoms. The van der Waals surface area contributed by atoms with Gasteiger partial charge in [0.15, 0.2) is 0 Å². The molecule has 4 aromatic rings. The number of benzene rings is 1. The van der Waals surface area contributed by atoms with Crippen LogP contribution in [-0.4, -0.2) is 38.2 Å². The maximum atomic E-state index is 13.0. The number of aromatic nitrogens is 4. The fraction of sp³-hybridized carbons (Fsp3) is 0.238. The lowest BCUT2D eigenvalue weighted by molar-refractivity contribution is -0.117. The van der Waals surface area contributed by atoms with Crippen LogP contribution in [0.15, 0.2) is 48.1 Å². The lowest BCUT2D eigenvalue weighted by Crippen LogP contribution is -2.33. The number of amides is 1. The predicted octanol–water partition coefficient (Wildman–Crippen LogP) is 3.62. The normalized spacial score (nSPS) is 16.7. The molecule has 0 spiro atoms. The number of thiophene rings is 1. The van der Waals surface area contributed by atoms with Crippen molar-refractivity contribution in [1.29, 1.82) is 0 Å². The molecule has 7 nitrogen and oxygen atoms in total. The van der Waals surface area contributed by atoms with Gasteiger partial charge in [0.1, 0.15) is 22.5 Å². The van der Waals surface area contributed by atoms with Gasteiger partial charge in [-0.05, 0) is 18.9 Å². The molecule has 0 radical (unpaired) electrons. The van der Waals surface area contributed by atoms with E-state index in [9.17, 15) is 4.79 Å². The molecule has 1 aliphatic heterocycles. The highest BCUT2D eigenvalue weighted by Crippen LogP contribution is 2.37. The van der Waals surface area contributed by atoms with Gasteiger partial charge in [0, 0.05) is 30.7 Å². The van der Waals surface area contributed by atoms with Gasteiger partial charge in [-0.15, -0.1) is 11.3 Å². The molecule has 3 aromatic heterocycles. The van der Waals surface area contributed by atoms with Crippen LogP contribution in [0.5, 0.6) is 0 Å². The highest BCUT2D eigenvalue weighted by molar-refractivity contribution is 7.17. The van der Waals surface area contributed by atoms with Crippen molar-refractivity contribution >= 4 is 39.0 Å². The van der Waals surface area contributed by atoms with Crippen molar-refractivity contribution in [3.63, 3.8) is 0 Å². The summed E-state index contributed by atoms with van der Waals surface area (Å²) in [5, 5.41) is 10.7. The number of aryl methyl sites for hydroxylation is 2. The van der Waals surface area contributed by atoms with Crippen LogP contribution in [-0.2, 0) is 11.8 Å². The molecule has 146 valence electrons. The van der Waals surface area contributed by atoms with Crippen molar-refractivity contribution in [2.75, 3.05) is 16.8 Å². The Hall–Kier alpha value is -3.26. The lowest BCUT2D eigenvalue weighted by Gasteiger charge is -2.16. The van der Waals surface area contributed by atoms with Crippen LogP contribution in [0.3, 0.4) is 0 Å². The third kappa shape index (κ3) is 3.15. The summed E-state index contributed by atoms with van der Waals surface area (Å²) in [6.07, 6.45) is 4.29. The second-order valence-electron chi connectivity index (χ2n) is 7.16. The molecule has 1 fully saturated rings. The number of nitrogens with one attached hydrogen (secondary N) is 1. The number of carbonyl (C=O) groups excluding carboxylic acids is 1. The predicted molar refractivity (Wildman–Crippen MR) is 115 cm³/mol. The van der Waals surface area contributed by atoms with Gasteiger partial charge >= 0.3 is 0 Å². The summed E-state index contributed by atoms with van der Waals surface area (Å²) >= 11 is 1.60. The van der Waals surface area contributed by atoms with Crippen molar-refractivity contribution in [2.45, 2.75) is 19.4 Å². The molecule has 1 aromatic carbocycles. The molecule has 8 heteroatoms. The van der Waals surface area contributed by atoms with Crippen molar-refractivity contribution in [1.82, 2.24) is 19.7 Å². The zero-order chi connectivity index (χ0) is 20.0. The molecule has 1 atom stereocenters. The average Bonchev–Trinajstić information content (AvgIpc) is 3.42. The largest absolute Gasteiger partial charge is 0.358 e. The SMILES string of the molecule is Cc1nc(NC2CCN(c3cnn(C)c3)C2=O)c2c(-c3ccccc3)csc2n1. The smallest absolute Gasteiger partial charge is 0.249 e. The monoisotopic (exact) mass is 404 g/mol. The zero-order valence-electron chi connectivity index (χ0n) is 16.2. The molecular formula is C21H20N6OS. The zero-order valence-corrected chi connectivity index (χ0v) is 17.0. The molecule has 0 saturated carbocycles. The van der Waals surface area contributed by atoms with E-state index in [-0.39, 0.29) is 11.9 Å². The lowest BCUT2D eigenvalue weighted by atomic mass is 10.1. The van der Waals surface area contributed by atoms with Crippen LogP contribution in [0.25, 0.3) is 21.3 Å². The van der Waals surface area contributed by atoms with E-state index in [2.05, 4.69) is 37.9 Å². The Morgan fingerprint density at radius 3 is 2.79 bits per heavy atom. The fourth-order valence-corrected chi connectivity index (χ4v) is 4.76. The molecule has 1 aliphatic rings. The number of nitrogens with zero attached hydrogens (tertiary/aromatic N) is 5. The fourth-order valence-electron chi connectivity index (χ4n) is 3.77. The van der Waals surface area contributed by atoms with Gasteiger partial charge in [-0.3, -0.25) is 9.48 Å². The van der Waals surface area contributed by atoms with Gasteiger partial charge in [0.25, 0.3) is 0 Å². The summed E-state index contributed by atoms with van der Waals surface area (Å²) in [4.78, 5) is 25.0. The minimum absolute atomic E-state index is 0.0407. The summed E-state index contributed by atoms with van der Waals surface area (Å²) in [5.41, 5.74) is 3.03. The van der Waals surface area contributed by atoms with Crippen LogP contribution in [0.4, 0.5) is 11.5 Å². The van der Waals surface area contributed by atoms with Crippen molar-refractivity contribution in [2.24, 2.45) is 7.05 Å². The van der Waals surface area contributed by atoms with E-state index >= 15 is 0 Å². The molecule has 4 heterocycles. The third-order valence-corrected chi connectivity index (χ3v) is 6.02. The highest BCUT2D eigenvalue weighted by atomic mass is 32.1. The Morgan fingerprint density at radius 1 is 1.21 bits per heavy atom. The first-order valence-corrected chi connectivity index (χ1v) is 10.4. The van der Waals surface area contributed by atoms with Crippen molar-refractivity contribution in [3.8, 4) is 11.1 Å². The molecule has 1 amide bonds. The van der Waals surface area contributed by atoms with Crippen LogP contribution in [0, 0.1) is 6.92 Å². The summed E-state index contributed by atoms with van der Waals surface area (Å²) in [5.74, 6) is 1.45. The van der Waals surface area contributed by atoms with Gasteiger partial charge in [-0.2, -0.15) is 5.10 Å². The number of hydrogen-bond acceptors (Lipinski definition) is 6. The number of anilines is 2. The van der Waals surface area contributed by atoms with Crippen LogP contribution < -0.4 is 10.2 Å². The molecule has 1 N–H and O–H groups in total. The van der Waals surface area contributed by atoms with E-state index in [1.165, 1.54) is 0 Å². The Bertz CT molecular complexity index is 1200. The van der Waals surface area contributed by atoms with Crippen LogP contribution in [0.2, 0.25) is 0 Å². The van der Waals surface area contributed by atoms with Gasteiger partial charge in [-0.1, -0.05) is 30.3 Å². The summed E-state index contributed by atoms with van der Waals surface area (Å²) in [7, 11) is 1.85. The van der Waals surface area contributed by atoms with Gasteiger partial charge in [0.2, 0.25) is 5.91 Å². The second-order valence-corrected chi connectivity index (χ2v) is 8.02. The highest BCUT2D eigenvalue weighted by Gasteiger charge is 2.34. The second kappa shape index (κ2) is 6.97. The van der Waals surface area contributed by atoms with E-state index in [1.807, 2.05) is 38.4 Å². The molecule has 1 unspecified atom stereocenters. The van der Waals surface area contributed by atoms with Crippen molar-refractivity contribution in [3.05, 3.63) is 53.9 Å². The average molecular weight is 404 g/mol. The van der Waals surface area contributed by atoms with E-state index in [1.54, 1.807) is 27.1 Å². The van der Waals surface area contributed by atoms with Crippen LogP contribution >= 0.6 is 11.3 Å². The number of fused-ring (bicyclic) bond motifs is 1. The molecule has 1 saturated heterocycles. The van der Waals surface area contributed by atoms with Crippen LogP contribution in [0.1, 0.15) is 12.2 Å². The molecule has 0 aliphatic carbocycles. The topological polar surface area (TPSA) is 75.9 Å². The quantitative estimate of drug-likeness (QED) is 0.562. The van der Waals surface area contributed by atoms with E-state index < -0.39 is 0 Å². The molecule has 5 rings (SSSR count). The Labute approximate surface area is 172 Å². The molecular weight excluding hydrogens is 384 g/mol. The number of carbonyl (C=O) groups is 1.